The van der Waals surface area contributed by atoms with Gasteiger partial charge in [-0.25, -0.2) is 4.98 Å². The number of hydrogen-bond acceptors (Lipinski definition) is 4. The van der Waals surface area contributed by atoms with Crippen molar-refractivity contribution in [2.45, 2.75) is 64.5 Å². The molecule has 5 nitrogen and oxygen atoms in total. The van der Waals surface area contributed by atoms with E-state index >= 15 is 0 Å². The summed E-state index contributed by atoms with van der Waals surface area (Å²) < 4.78 is 7.97. The minimum absolute atomic E-state index is 0.0199. The smallest absolute Gasteiger partial charge is 0.266 e. The monoisotopic (exact) mass is 417 g/mol. The maximum atomic E-state index is 13.2. The lowest BCUT2D eigenvalue weighted by atomic mass is 10.0. The predicted octanol–water partition coefficient (Wildman–Crippen LogP) is 4.79. The molecule has 1 saturated heterocycles. The van der Waals surface area contributed by atoms with Crippen LogP contribution in [-0.4, -0.2) is 39.7 Å². The molecule has 1 aliphatic heterocycles. The first-order chi connectivity index (χ1) is 15.1. The lowest BCUT2D eigenvalue weighted by molar-refractivity contribution is 0.0768. The van der Waals surface area contributed by atoms with Gasteiger partial charge in [0, 0.05) is 19.1 Å². The summed E-state index contributed by atoms with van der Waals surface area (Å²) in [4.78, 5) is 20.5. The van der Waals surface area contributed by atoms with E-state index < -0.39 is 0 Å². The van der Waals surface area contributed by atoms with Crippen molar-refractivity contribution in [3.63, 3.8) is 0 Å². The number of fused-ring (bicyclic) bond motifs is 1. The van der Waals surface area contributed by atoms with Gasteiger partial charge in [0.25, 0.3) is 5.56 Å². The second-order valence-corrected chi connectivity index (χ2v) is 9.05. The van der Waals surface area contributed by atoms with Gasteiger partial charge in [-0.2, -0.15) is 0 Å². The van der Waals surface area contributed by atoms with Crippen LogP contribution in [-0.2, 0) is 0 Å². The van der Waals surface area contributed by atoms with Gasteiger partial charge in [0.05, 0.1) is 16.6 Å². The number of likely N-dealkylation sites (tertiary alicyclic amines) is 1. The van der Waals surface area contributed by atoms with Crippen molar-refractivity contribution in [2.75, 3.05) is 13.1 Å². The highest BCUT2D eigenvalue weighted by Crippen LogP contribution is 2.28. The lowest BCUT2D eigenvalue weighted by Crippen LogP contribution is -2.43. The fraction of sp³-hybridized carbons (Fsp3) is 0.462. The van der Waals surface area contributed by atoms with E-state index in [-0.39, 0.29) is 11.7 Å². The molecule has 2 aliphatic rings. The Bertz CT molecular complexity index is 1120. The first-order valence-electron chi connectivity index (χ1n) is 11.6. The Hall–Kier alpha value is -2.66. The van der Waals surface area contributed by atoms with E-state index in [2.05, 4.69) is 9.88 Å². The third-order valence-corrected chi connectivity index (χ3v) is 6.99. The van der Waals surface area contributed by atoms with Crippen molar-refractivity contribution in [2.24, 2.45) is 0 Å². The van der Waals surface area contributed by atoms with Crippen molar-refractivity contribution < 1.29 is 4.74 Å². The number of hydrogen-bond donors (Lipinski definition) is 0. The Kier molecular flexibility index (Phi) is 5.53. The SMILES string of the molecule is Cc1cccc2nc(C)n(-c3ccc(OC4CCN(C5CCCC5)CC4)cc3)c(=O)c12. The molecule has 5 heteroatoms. The third-order valence-electron chi connectivity index (χ3n) is 6.99. The average molecular weight is 418 g/mol. The number of piperidine rings is 1. The molecule has 1 saturated carbocycles. The highest BCUT2D eigenvalue weighted by molar-refractivity contribution is 5.81. The number of aryl methyl sites for hydroxylation is 2. The van der Waals surface area contributed by atoms with Gasteiger partial charge in [-0.15, -0.1) is 0 Å². The van der Waals surface area contributed by atoms with Crippen LogP contribution in [0.3, 0.4) is 0 Å². The van der Waals surface area contributed by atoms with Gasteiger partial charge in [0.15, 0.2) is 0 Å². The molecule has 0 bridgehead atoms. The number of rotatable bonds is 4. The van der Waals surface area contributed by atoms with Gasteiger partial charge in [0.2, 0.25) is 0 Å². The zero-order chi connectivity index (χ0) is 21.4. The van der Waals surface area contributed by atoms with Gasteiger partial charge in [0.1, 0.15) is 17.7 Å². The van der Waals surface area contributed by atoms with Crippen LogP contribution in [0, 0.1) is 13.8 Å². The molecule has 0 amide bonds. The molecule has 2 heterocycles. The minimum Gasteiger partial charge on any atom is -0.490 e. The molecule has 31 heavy (non-hydrogen) atoms. The summed E-state index contributed by atoms with van der Waals surface area (Å²) in [6.07, 6.45) is 7.97. The summed E-state index contributed by atoms with van der Waals surface area (Å²) in [6, 6.07) is 14.5. The van der Waals surface area contributed by atoms with Crippen LogP contribution < -0.4 is 10.3 Å². The van der Waals surface area contributed by atoms with Crippen LogP contribution in [0.1, 0.15) is 49.9 Å². The van der Waals surface area contributed by atoms with E-state index in [0.29, 0.717) is 11.2 Å². The number of benzene rings is 2. The van der Waals surface area contributed by atoms with Gasteiger partial charge < -0.3 is 9.64 Å². The summed E-state index contributed by atoms with van der Waals surface area (Å²) >= 11 is 0. The second-order valence-electron chi connectivity index (χ2n) is 9.05. The summed E-state index contributed by atoms with van der Waals surface area (Å²) in [7, 11) is 0. The van der Waals surface area contributed by atoms with Gasteiger partial charge >= 0.3 is 0 Å². The predicted molar refractivity (Wildman–Crippen MR) is 124 cm³/mol. The summed E-state index contributed by atoms with van der Waals surface area (Å²) in [5.74, 6) is 1.56. The van der Waals surface area contributed by atoms with Crippen LogP contribution in [0.5, 0.6) is 5.75 Å². The van der Waals surface area contributed by atoms with Crippen molar-refractivity contribution >= 4 is 10.9 Å². The molecule has 0 radical (unpaired) electrons. The summed E-state index contributed by atoms with van der Waals surface area (Å²) in [5, 5.41) is 0.683. The van der Waals surface area contributed by atoms with Gasteiger partial charge in [-0.05, 0) is 75.4 Å². The highest BCUT2D eigenvalue weighted by atomic mass is 16.5. The second kappa shape index (κ2) is 8.46. The molecule has 3 aromatic rings. The molecule has 0 spiro atoms. The minimum atomic E-state index is -0.0199. The fourth-order valence-electron chi connectivity index (χ4n) is 5.31. The first-order valence-corrected chi connectivity index (χ1v) is 11.6. The Morgan fingerprint density at radius 1 is 0.935 bits per heavy atom. The van der Waals surface area contributed by atoms with E-state index in [1.54, 1.807) is 4.57 Å². The van der Waals surface area contributed by atoms with E-state index in [1.807, 2.05) is 56.3 Å². The van der Waals surface area contributed by atoms with Crippen LogP contribution >= 0.6 is 0 Å². The van der Waals surface area contributed by atoms with Crippen LogP contribution in [0.4, 0.5) is 0 Å². The zero-order valence-electron chi connectivity index (χ0n) is 18.5. The normalized spacial score (nSPS) is 18.6. The largest absolute Gasteiger partial charge is 0.490 e. The molecule has 2 fully saturated rings. The molecular weight excluding hydrogens is 386 g/mol. The molecule has 162 valence electrons. The molecule has 0 atom stereocenters. The molecule has 2 aromatic carbocycles. The lowest BCUT2D eigenvalue weighted by Gasteiger charge is -2.36. The van der Waals surface area contributed by atoms with Crippen molar-refractivity contribution in [3.8, 4) is 11.4 Å². The van der Waals surface area contributed by atoms with E-state index in [9.17, 15) is 4.79 Å². The van der Waals surface area contributed by atoms with Gasteiger partial charge in [-0.1, -0.05) is 25.0 Å². The molecule has 1 aliphatic carbocycles. The molecule has 0 N–H and O–H groups in total. The average Bonchev–Trinajstić information content (AvgIpc) is 3.30. The zero-order valence-corrected chi connectivity index (χ0v) is 18.5. The number of aromatic nitrogens is 2. The van der Waals surface area contributed by atoms with Crippen LogP contribution in [0.15, 0.2) is 47.3 Å². The Morgan fingerprint density at radius 2 is 1.65 bits per heavy atom. The quantitative estimate of drug-likeness (QED) is 0.612. The third kappa shape index (κ3) is 3.99. The summed E-state index contributed by atoms with van der Waals surface area (Å²) in [5.41, 5.74) is 2.51. The van der Waals surface area contributed by atoms with Crippen molar-refractivity contribution in [3.05, 3.63) is 64.2 Å². The molecular formula is C26H31N3O2. The van der Waals surface area contributed by atoms with Crippen LogP contribution in [0.25, 0.3) is 16.6 Å². The van der Waals surface area contributed by atoms with E-state index in [0.717, 1.165) is 54.5 Å². The standard InChI is InChI=1S/C26H31N3O2/c1-18-6-5-9-24-25(18)26(30)29(19(2)27-24)21-10-12-22(13-11-21)31-23-14-16-28(17-15-23)20-7-3-4-8-20/h5-6,9-13,20,23H,3-4,7-8,14-17H2,1-2H3. The maximum absolute atomic E-state index is 13.2. The Morgan fingerprint density at radius 3 is 2.35 bits per heavy atom. The van der Waals surface area contributed by atoms with Crippen molar-refractivity contribution in [1.29, 1.82) is 0 Å². The molecule has 5 rings (SSSR count). The fourth-order valence-corrected chi connectivity index (χ4v) is 5.31. The van der Waals surface area contributed by atoms with E-state index in [1.165, 1.54) is 25.7 Å². The van der Waals surface area contributed by atoms with Crippen LogP contribution in [0.2, 0.25) is 0 Å². The first kappa shape index (κ1) is 20.3. The summed E-state index contributed by atoms with van der Waals surface area (Å²) in [6.45, 7) is 6.12. The Balaban J connectivity index is 1.31. The molecule has 0 unspecified atom stereocenters. The van der Waals surface area contributed by atoms with Gasteiger partial charge in [-0.3, -0.25) is 9.36 Å². The highest BCUT2D eigenvalue weighted by Gasteiger charge is 2.27. The number of nitrogens with zero attached hydrogens (tertiary/aromatic N) is 3. The van der Waals surface area contributed by atoms with E-state index in [4.69, 9.17) is 4.74 Å². The topological polar surface area (TPSA) is 47.4 Å². The maximum Gasteiger partial charge on any atom is 0.266 e. The van der Waals surface area contributed by atoms with Crippen molar-refractivity contribution in [1.82, 2.24) is 14.5 Å². The molecule has 1 aromatic heterocycles. The Labute approximate surface area is 183 Å². The number of ether oxygens (including phenoxy) is 1.